The van der Waals surface area contributed by atoms with Crippen LogP contribution in [-0.4, -0.2) is 68.2 Å². The molecule has 0 saturated carbocycles. The number of rotatable bonds is 12. The minimum atomic E-state index is -4.14. The molecule has 0 aliphatic carbocycles. The monoisotopic (exact) mass is 562 g/mol. The lowest BCUT2D eigenvalue weighted by Crippen LogP contribution is -2.37. The highest BCUT2D eigenvalue weighted by molar-refractivity contribution is 7.89. The summed E-state index contributed by atoms with van der Waals surface area (Å²) in [5.41, 5.74) is 3.42. The van der Waals surface area contributed by atoms with E-state index in [4.69, 9.17) is 4.74 Å². The van der Waals surface area contributed by atoms with Crippen molar-refractivity contribution in [3.63, 3.8) is 0 Å². The number of non-ortho nitro benzene ring substituents is 2. The Balaban J connectivity index is 2.01. The molecule has 0 unspecified atom stereocenters. The number of nitro groups is 2. The van der Waals surface area contributed by atoms with E-state index in [1.54, 1.807) is 6.07 Å². The maximum atomic E-state index is 13.7. The second-order valence-corrected chi connectivity index (χ2v) is 11.9. The second kappa shape index (κ2) is 13.0. The number of morpholine rings is 1. The van der Waals surface area contributed by atoms with Gasteiger partial charge in [-0.1, -0.05) is 27.7 Å². The molecule has 1 aliphatic heterocycles. The quantitative estimate of drug-likeness (QED) is 0.228. The average Bonchev–Trinajstić information content (AvgIpc) is 2.88. The summed E-state index contributed by atoms with van der Waals surface area (Å²) < 4.78 is 34.2. The molecule has 39 heavy (non-hydrogen) atoms. The topological polar surface area (TPSA) is 161 Å². The molecule has 3 rings (SSSR count). The first-order valence-corrected chi connectivity index (χ1v) is 14.0. The summed E-state index contributed by atoms with van der Waals surface area (Å²) in [5, 5.41) is 27.0. The van der Waals surface area contributed by atoms with Crippen LogP contribution in [0.25, 0.3) is 0 Å². The first-order chi connectivity index (χ1) is 18.4. The molecule has 0 spiro atoms. The Morgan fingerprint density at radius 3 is 2.13 bits per heavy atom. The smallest absolute Gasteiger partial charge is 0.270 e. The molecule has 212 valence electrons. The van der Waals surface area contributed by atoms with Crippen LogP contribution in [0.1, 0.15) is 33.3 Å². The first kappa shape index (κ1) is 29.9. The fourth-order valence-electron chi connectivity index (χ4n) is 4.18. The molecule has 1 aliphatic rings. The number of sulfonamides is 1. The molecule has 0 atom stereocenters. The van der Waals surface area contributed by atoms with E-state index in [0.29, 0.717) is 37.6 Å². The Bertz CT molecular complexity index is 1310. The Hall–Kier alpha value is -3.62. The van der Waals surface area contributed by atoms with Gasteiger partial charge in [0, 0.05) is 61.7 Å². The van der Waals surface area contributed by atoms with Gasteiger partial charge in [0.2, 0.25) is 10.0 Å². The van der Waals surface area contributed by atoms with Crippen LogP contribution in [0.2, 0.25) is 0 Å². The Kier molecular flexibility index (Phi) is 9.94. The molecular weight excluding hydrogens is 528 g/mol. The van der Waals surface area contributed by atoms with Gasteiger partial charge in [-0.05, 0) is 24.0 Å². The highest BCUT2D eigenvalue weighted by Crippen LogP contribution is 2.31. The maximum Gasteiger partial charge on any atom is 0.270 e. The van der Waals surface area contributed by atoms with Gasteiger partial charge in [0.25, 0.3) is 11.4 Å². The van der Waals surface area contributed by atoms with Gasteiger partial charge in [0.15, 0.2) is 0 Å². The third kappa shape index (κ3) is 7.71. The summed E-state index contributed by atoms with van der Waals surface area (Å²) >= 11 is 0. The molecule has 0 aromatic heterocycles. The summed E-state index contributed by atoms with van der Waals surface area (Å²) in [4.78, 5) is 23.4. The number of hydrazone groups is 1. The fraction of sp³-hybridized carbons (Fsp3) is 0.480. The molecule has 0 bridgehead atoms. The van der Waals surface area contributed by atoms with Gasteiger partial charge in [-0.3, -0.25) is 25.7 Å². The minimum Gasteiger partial charge on any atom is -0.378 e. The molecule has 2 aromatic rings. The maximum absolute atomic E-state index is 13.7. The van der Waals surface area contributed by atoms with E-state index in [2.05, 4.69) is 10.5 Å². The van der Waals surface area contributed by atoms with Crippen molar-refractivity contribution < 1.29 is 23.0 Å². The number of hydrogen-bond acceptors (Lipinski definition) is 10. The van der Waals surface area contributed by atoms with Crippen LogP contribution >= 0.6 is 0 Å². The van der Waals surface area contributed by atoms with E-state index >= 15 is 0 Å². The summed E-state index contributed by atoms with van der Waals surface area (Å²) in [6, 6.07) is 7.95. The van der Waals surface area contributed by atoms with E-state index in [1.807, 2.05) is 32.6 Å². The van der Waals surface area contributed by atoms with Crippen LogP contribution in [0.4, 0.5) is 22.7 Å². The zero-order valence-electron chi connectivity index (χ0n) is 22.4. The summed E-state index contributed by atoms with van der Waals surface area (Å²) in [6.45, 7) is 10.3. The number of ether oxygens (including phenoxy) is 1. The zero-order chi connectivity index (χ0) is 28.7. The molecule has 14 heteroatoms. The van der Waals surface area contributed by atoms with Crippen molar-refractivity contribution in [2.75, 3.05) is 49.7 Å². The van der Waals surface area contributed by atoms with Crippen molar-refractivity contribution in [2.24, 2.45) is 16.9 Å². The van der Waals surface area contributed by atoms with E-state index in [0.717, 1.165) is 6.07 Å². The minimum absolute atomic E-state index is 0.0270. The second-order valence-electron chi connectivity index (χ2n) is 10.0. The molecular formula is C25H34N6O7S. The highest BCUT2D eigenvalue weighted by Gasteiger charge is 2.30. The van der Waals surface area contributed by atoms with E-state index in [9.17, 15) is 28.6 Å². The molecule has 13 nitrogen and oxygen atoms in total. The van der Waals surface area contributed by atoms with Gasteiger partial charge in [-0.2, -0.15) is 9.41 Å². The molecule has 0 amide bonds. The largest absolute Gasteiger partial charge is 0.378 e. The van der Waals surface area contributed by atoms with Crippen molar-refractivity contribution in [3.05, 3.63) is 62.2 Å². The molecule has 1 N–H and O–H groups in total. The summed E-state index contributed by atoms with van der Waals surface area (Å²) in [5.74, 6) is 0.0539. The van der Waals surface area contributed by atoms with Gasteiger partial charge in [-0.25, -0.2) is 8.42 Å². The van der Waals surface area contributed by atoms with Crippen LogP contribution < -0.4 is 10.3 Å². The molecule has 2 aromatic carbocycles. The number of anilines is 2. The van der Waals surface area contributed by atoms with Crippen LogP contribution in [-0.2, 0) is 14.8 Å². The number of nitro benzene ring substituents is 2. The summed E-state index contributed by atoms with van der Waals surface area (Å²) in [6.07, 6.45) is 1.37. The van der Waals surface area contributed by atoms with Gasteiger partial charge < -0.3 is 9.64 Å². The third-order valence-corrected chi connectivity index (χ3v) is 7.77. The molecule has 1 saturated heterocycles. The molecule has 1 heterocycles. The lowest BCUT2D eigenvalue weighted by Gasteiger charge is -2.29. The van der Waals surface area contributed by atoms with Crippen LogP contribution in [0.15, 0.2) is 46.4 Å². The normalized spacial score (nSPS) is 14.5. The van der Waals surface area contributed by atoms with Gasteiger partial charge in [0.05, 0.1) is 35.0 Å². The van der Waals surface area contributed by atoms with Crippen molar-refractivity contribution in [1.29, 1.82) is 0 Å². The first-order valence-electron chi connectivity index (χ1n) is 12.6. The lowest BCUT2D eigenvalue weighted by atomic mass is 10.1. The average molecular weight is 563 g/mol. The van der Waals surface area contributed by atoms with Gasteiger partial charge in [-0.15, -0.1) is 0 Å². The zero-order valence-corrected chi connectivity index (χ0v) is 23.3. The fourth-order valence-corrected chi connectivity index (χ4v) is 6.11. The van der Waals surface area contributed by atoms with Crippen molar-refractivity contribution in [1.82, 2.24) is 4.31 Å². The predicted molar refractivity (Wildman–Crippen MR) is 149 cm³/mol. The van der Waals surface area contributed by atoms with Crippen LogP contribution in [0, 0.1) is 32.1 Å². The summed E-state index contributed by atoms with van der Waals surface area (Å²) in [7, 11) is -4.14. The molecule has 1 fully saturated rings. The molecule has 0 radical (unpaired) electrons. The lowest BCUT2D eigenvalue weighted by molar-refractivity contribution is -0.385. The number of benzene rings is 2. The van der Waals surface area contributed by atoms with E-state index < -0.39 is 19.9 Å². The van der Waals surface area contributed by atoms with Crippen molar-refractivity contribution >= 4 is 39.0 Å². The van der Waals surface area contributed by atoms with Gasteiger partial charge in [0.1, 0.15) is 4.90 Å². The van der Waals surface area contributed by atoms with Crippen molar-refractivity contribution in [2.45, 2.75) is 32.6 Å². The Morgan fingerprint density at radius 1 is 1.00 bits per heavy atom. The Morgan fingerprint density at radius 2 is 1.56 bits per heavy atom. The SMILES string of the molecule is CC(C)CN(CC(C)C)S(=O)(=O)c1cc([N+](=O)[O-])ccc1N/N=C/c1cc([N+](=O)[O-])ccc1N1CCOCC1. The van der Waals surface area contributed by atoms with Crippen LogP contribution in [0.5, 0.6) is 0 Å². The van der Waals surface area contributed by atoms with Crippen LogP contribution in [0.3, 0.4) is 0 Å². The third-order valence-electron chi connectivity index (χ3n) is 5.89. The van der Waals surface area contributed by atoms with Crippen molar-refractivity contribution in [3.8, 4) is 0 Å². The number of hydrogen-bond donors (Lipinski definition) is 1. The standard InChI is InChI=1S/C25H34N6O7S/c1-18(2)16-29(17-19(3)4)39(36,37)25-14-22(31(34)35)5-7-23(25)27-26-15-20-13-21(30(32)33)6-8-24(20)28-9-11-38-12-10-28/h5-8,13-15,18-19,27H,9-12,16-17H2,1-4H3/b26-15+. The van der Waals surface area contributed by atoms with E-state index in [1.165, 1.54) is 34.8 Å². The van der Waals surface area contributed by atoms with Gasteiger partial charge >= 0.3 is 0 Å². The Labute approximate surface area is 227 Å². The predicted octanol–water partition coefficient (Wildman–Crippen LogP) is 4.09. The number of nitrogens with one attached hydrogen (secondary N) is 1. The highest BCUT2D eigenvalue weighted by atomic mass is 32.2. The number of nitrogens with zero attached hydrogens (tertiary/aromatic N) is 5. The van der Waals surface area contributed by atoms with E-state index in [-0.39, 0.29) is 46.9 Å².